The molecule has 0 bridgehead atoms. The lowest BCUT2D eigenvalue weighted by Crippen LogP contribution is -2.48. The SMILES string of the molecule is O=C1CN(c2ccc(NC(=O)[C@@H]3CSCN3C(=O)c3ccccc3)cn2)CCN1. The smallest absolute Gasteiger partial charge is 0.255 e. The Balaban J connectivity index is 1.40. The van der Waals surface area contributed by atoms with Crippen molar-refractivity contribution in [2.75, 3.05) is 41.5 Å². The molecular weight excluding hydrogens is 390 g/mol. The fraction of sp³-hybridized carbons (Fsp3) is 0.300. The first kappa shape index (κ1) is 19.3. The van der Waals surface area contributed by atoms with Gasteiger partial charge in [0.2, 0.25) is 11.8 Å². The molecule has 2 saturated heterocycles. The second-order valence-corrected chi connectivity index (χ2v) is 7.82. The van der Waals surface area contributed by atoms with Gasteiger partial charge in [-0.3, -0.25) is 14.4 Å². The second kappa shape index (κ2) is 8.52. The van der Waals surface area contributed by atoms with Gasteiger partial charge in [0.1, 0.15) is 11.9 Å². The number of benzene rings is 1. The highest BCUT2D eigenvalue weighted by atomic mass is 32.2. The summed E-state index contributed by atoms with van der Waals surface area (Å²) in [6, 6.07) is 12.0. The van der Waals surface area contributed by atoms with Crippen LogP contribution in [0.2, 0.25) is 0 Å². The van der Waals surface area contributed by atoms with E-state index in [1.807, 2.05) is 23.1 Å². The molecule has 2 aliphatic rings. The molecule has 1 aromatic carbocycles. The van der Waals surface area contributed by atoms with Gasteiger partial charge in [0.25, 0.3) is 5.91 Å². The molecule has 1 atom stereocenters. The number of thioether (sulfide) groups is 1. The average molecular weight is 411 g/mol. The van der Waals surface area contributed by atoms with Crippen LogP contribution in [-0.2, 0) is 9.59 Å². The molecule has 8 nitrogen and oxygen atoms in total. The molecule has 4 rings (SSSR count). The predicted molar refractivity (Wildman–Crippen MR) is 112 cm³/mol. The third kappa shape index (κ3) is 4.34. The average Bonchev–Trinajstić information content (AvgIpc) is 3.24. The fourth-order valence-corrected chi connectivity index (χ4v) is 4.47. The highest BCUT2D eigenvalue weighted by molar-refractivity contribution is 7.99. The van der Waals surface area contributed by atoms with E-state index >= 15 is 0 Å². The second-order valence-electron chi connectivity index (χ2n) is 6.82. The van der Waals surface area contributed by atoms with Crippen LogP contribution in [0, 0.1) is 0 Å². The number of nitrogens with zero attached hydrogens (tertiary/aromatic N) is 3. The van der Waals surface area contributed by atoms with Crippen molar-refractivity contribution < 1.29 is 14.4 Å². The molecule has 1 aromatic heterocycles. The number of piperazine rings is 1. The number of nitrogens with one attached hydrogen (secondary N) is 2. The van der Waals surface area contributed by atoms with E-state index in [4.69, 9.17) is 0 Å². The Kier molecular flexibility index (Phi) is 5.66. The molecule has 3 heterocycles. The van der Waals surface area contributed by atoms with E-state index in [1.165, 1.54) is 0 Å². The molecule has 2 aliphatic heterocycles. The van der Waals surface area contributed by atoms with Gasteiger partial charge in [0, 0.05) is 24.4 Å². The van der Waals surface area contributed by atoms with Crippen molar-refractivity contribution in [1.82, 2.24) is 15.2 Å². The molecular formula is C20H21N5O3S. The topological polar surface area (TPSA) is 94.6 Å². The number of pyridine rings is 1. The minimum Gasteiger partial charge on any atom is -0.353 e. The van der Waals surface area contributed by atoms with E-state index in [-0.39, 0.29) is 24.3 Å². The van der Waals surface area contributed by atoms with Gasteiger partial charge < -0.3 is 20.4 Å². The molecule has 3 amide bonds. The lowest BCUT2D eigenvalue weighted by molar-refractivity contribution is -0.120. The number of amides is 3. The molecule has 0 spiro atoms. The van der Waals surface area contributed by atoms with Gasteiger partial charge in [-0.05, 0) is 24.3 Å². The van der Waals surface area contributed by atoms with Crippen molar-refractivity contribution in [3.63, 3.8) is 0 Å². The van der Waals surface area contributed by atoms with E-state index in [1.54, 1.807) is 47.1 Å². The summed E-state index contributed by atoms with van der Waals surface area (Å²) >= 11 is 1.56. The maximum Gasteiger partial charge on any atom is 0.255 e. The summed E-state index contributed by atoms with van der Waals surface area (Å²) < 4.78 is 0. The lowest BCUT2D eigenvalue weighted by Gasteiger charge is -2.27. The molecule has 2 N–H and O–H groups in total. The number of aromatic nitrogens is 1. The fourth-order valence-electron chi connectivity index (χ4n) is 3.31. The minimum atomic E-state index is -0.529. The number of anilines is 2. The molecule has 2 fully saturated rings. The first-order valence-corrected chi connectivity index (χ1v) is 10.5. The number of rotatable bonds is 4. The summed E-state index contributed by atoms with van der Waals surface area (Å²) in [5.74, 6) is 1.32. The molecule has 0 aliphatic carbocycles. The highest BCUT2D eigenvalue weighted by Crippen LogP contribution is 2.24. The third-order valence-corrected chi connectivity index (χ3v) is 5.86. The molecule has 0 radical (unpaired) electrons. The summed E-state index contributed by atoms with van der Waals surface area (Å²) in [6.45, 7) is 1.55. The van der Waals surface area contributed by atoms with Gasteiger partial charge in [-0.15, -0.1) is 11.8 Å². The van der Waals surface area contributed by atoms with Crippen molar-refractivity contribution >= 4 is 41.0 Å². The van der Waals surface area contributed by atoms with E-state index in [2.05, 4.69) is 15.6 Å². The largest absolute Gasteiger partial charge is 0.353 e. The van der Waals surface area contributed by atoms with E-state index < -0.39 is 6.04 Å². The van der Waals surface area contributed by atoms with Crippen LogP contribution in [-0.4, -0.2) is 64.9 Å². The zero-order chi connectivity index (χ0) is 20.2. The van der Waals surface area contributed by atoms with Crippen molar-refractivity contribution in [3.05, 3.63) is 54.2 Å². The van der Waals surface area contributed by atoms with Crippen LogP contribution >= 0.6 is 11.8 Å². The Morgan fingerprint density at radius 1 is 1.17 bits per heavy atom. The Labute approximate surface area is 172 Å². The zero-order valence-corrected chi connectivity index (χ0v) is 16.5. The Morgan fingerprint density at radius 3 is 2.72 bits per heavy atom. The monoisotopic (exact) mass is 411 g/mol. The number of hydrogen-bond acceptors (Lipinski definition) is 6. The minimum absolute atomic E-state index is 0.0302. The van der Waals surface area contributed by atoms with Gasteiger partial charge in [0.15, 0.2) is 0 Å². The van der Waals surface area contributed by atoms with Gasteiger partial charge >= 0.3 is 0 Å². The maximum atomic E-state index is 12.8. The molecule has 29 heavy (non-hydrogen) atoms. The van der Waals surface area contributed by atoms with Crippen LogP contribution in [0.4, 0.5) is 11.5 Å². The van der Waals surface area contributed by atoms with Crippen LogP contribution in [0.25, 0.3) is 0 Å². The number of hydrogen-bond donors (Lipinski definition) is 2. The Hall–Kier alpha value is -3.07. The van der Waals surface area contributed by atoms with Crippen molar-refractivity contribution in [2.24, 2.45) is 0 Å². The summed E-state index contributed by atoms with van der Waals surface area (Å²) in [6.07, 6.45) is 1.57. The van der Waals surface area contributed by atoms with Crippen LogP contribution in [0.1, 0.15) is 10.4 Å². The number of carbonyl (C=O) groups excluding carboxylic acids is 3. The van der Waals surface area contributed by atoms with Crippen LogP contribution in [0.3, 0.4) is 0 Å². The van der Waals surface area contributed by atoms with Crippen molar-refractivity contribution in [3.8, 4) is 0 Å². The first-order valence-electron chi connectivity index (χ1n) is 9.34. The van der Waals surface area contributed by atoms with E-state index in [0.29, 0.717) is 41.8 Å². The molecule has 150 valence electrons. The Morgan fingerprint density at radius 2 is 2.00 bits per heavy atom. The summed E-state index contributed by atoms with van der Waals surface area (Å²) in [4.78, 5) is 44.9. The highest BCUT2D eigenvalue weighted by Gasteiger charge is 2.35. The number of carbonyl (C=O) groups is 3. The molecule has 9 heteroatoms. The van der Waals surface area contributed by atoms with Crippen molar-refractivity contribution in [1.29, 1.82) is 0 Å². The zero-order valence-electron chi connectivity index (χ0n) is 15.7. The predicted octanol–water partition coefficient (Wildman–Crippen LogP) is 1.17. The summed E-state index contributed by atoms with van der Waals surface area (Å²) in [7, 11) is 0. The quantitative estimate of drug-likeness (QED) is 0.784. The van der Waals surface area contributed by atoms with Gasteiger partial charge in [-0.2, -0.15) is 0 Å². The third-order valence-electron chi connectivity index (χ3n) is 4.84. The maximum absolute atomic E-state index is 12.8. The Bertz CT molecular complexity index is 906. The normalized spacial score (nSPS) is 19.0. The van der Waals surface area contributed by atoms with E-state index in [0.717, 1.165) is 0 Å². The van der Waals surface area contributed by atoms with Crippen LogP contribution in [0.5, 0.6) is 0 Å². The summed E-state index contributed by atoms with van der Waals surface area (Å²) in [5, 5.41) is 5.63. The molecule has 0 unspecified atom stereocenters. The van der Waals surface area contributed by atoms with Crippen LogP contribution in [0.15, 0.2) is 48.7 Å². The molecule has 0 saturated carbocycles. The van der Waals surface area contributed by atoms with Crippen LogP contribution < -0.4 is 15.5 Å². The van der Waals surface area contributed by atoms with Gasteiger partial charge in [0.05, 0.1) is 24.3 Å². The lowest BCUT2D eigenvalue weighted by atomic mass is 10.1. The first-order chi connectivity index (χ1) is 14.1. The van der Waals surface area contributed by atoms with Gasteiger partial charge in [-0.25, -0.2) is 4.98 Å². The molecule has 2 aromatic rings. The van der Waals surface area contributed by atoms with E-state index in [9.17, 15) is 14.4 Å². The standard InChI is InChI=1S/C20H21N5O3S/c26-18-11-24(9-8-21-18)17-7-6-15(10-22-17)23-19(27)16-12-29-13-25(16)20(28)14-4-2-1-3-5-14/h1-7,10,16H,8-9,11-13H2,(H,21,26)(H,23,27)/t16-/m0/s1. The van der Waals surface area contributed by atoms with Gasteiger partial charge in [-0.1, -0.05) is 18.2 Å². The summed E-state index contributed by atoms with van der Waals surface area (Å²) in [5.41, 5.74) is 1.13. The van der Waals surface area contributed by atoms with Crippen molar-refractivity contribution in [2.45, 2.75) is 6.04 Å².